The maximum Gasteiger partial charge on any atom is 0.209 e. The summed E-state index contributed by atoms with van der Waals surface area (Å²) < 4.78 is 33.6. The van der Waals surface area contributed by atoms with Gasteiger partial charge in [0.2, 0.25) is 10.0 Å². The van der Waals surface area contributed by atoms with Crippen LogP contribution in [0.2, 0.25) is 0 Å². The lowest BCUT2D eigenvalue weighted by Gasteiger charge is -2.32. The molecule has 3 atom stereocenters. The summed E-state index contributed by atoms with van der Waals surface area (Å²) in [5.74, 6) is 0.985. The molecule has 1 N–H and O–H groups in total. The van der Waals surface area contributed by atoms with Crippen LogP contribution in [-0.2, 0) is 28.4 Å². The molecule has 0 saturated carbocycles. The molecule has 2 saturated heterocycles. The summed E-state index contributed by atoms with van der Waals surface area (Å²) in [5, 5.41) is 0. The van der Waals surface area contributed by atoms with Crippen LogP contribution in [0.4, 0.5) is 0 Å². The molecule has 1 aromatic heterocycles. The van der Waals surface area contributed by atoms with Crippen molar-refractivity contribution in [2.45, 2.75) is 37.6 Å². The summed E-state index contributed by atoms with van der Waals surface area (Å²) in [6.45, 7) is 2.09. The predicted molar refractivity (Wildman–Crippen MR) is 78.1 cm³/mol. The van der Waals surface area contributed by atoms with Crippen LogP contribution in [0.15, 0.2) is 12.4 Å². The Hall–Kier alpha value is -0.960. The second-order valence-electron chi connectivity index (χ2n) is 5.93. The molecule has 0 spiro atoms. The molecule has 7 nitrogen and oxygen atoms in total. The Bertz CT molecular complexity index is 600. The fraction of sp³-hybridized carbons (Fsp3) is 0.769. The Kier molecular flexibility index (Phi) is 4.04. The van der Waals surface area contributed by atoms with Gasteiger partial charge in [0.1, 0.15) is 5.82 Å². The number of hydrogen-bond acceptors (Lipinski definition) is 5. The van der Waals surface area contributed by atoms with Gasteiger partial charge in [-0.05, 0) is 12.8 Å². The Morgan fingerprint density at radius 2 is 2.33 bits per heavy atom. The first-order valence-corrected chi connectivity index (χ1v) is 9.12. The van der Waals surface area contributed by atoms with Crippen LogP contribution in [0.5, 0.6) is 0 Å². The van der Waals surface area contributed by atoms with Gasteiger partial charge >= 0.3 is 0 Å². The number of imidazole rings is 1. The molecular formula is C13H22N4O3S. The van der Waals surface area contributed by atoms with E-state index in [0.717, 1.165) is 25.2 Å². The molecule has 0 aromatic carbocycles. The molecule has 2 aliphatic rings. The summed E-state index contributed by atoms with van der Waals surface area (Å²) >= 11 is 0. The van der Waals surface area contributed by atoms with Gasteiger partial charge in [0, 0.05) is 38.6 Å². The smallest absolute Gasteiger partial charge is 0.209 e. The fourth-order valence-corrected chi connectivity index (χ4v) is 4.10. The molecule has 0 unspecified atom stereocenters. The maximum atomic E-state index is 11.5. The van der Waals surface area contributed by atoms with Gasteiger partial charge in [-0.1, -0.05) is 0 Å². The van der Waals surface area contributed by atoms with Crippen molar-refractivity contribution in [1.82, 2.24) is 19.2 Å². The topological polar surface area (TPSA) is 76.5 Å². The van der Waals surface area contributed by atoms with Gasteiger partial charge in [-0.15, -0.1) is 0 Å². The Morgan fingerprint density at radius 1 is 1.52 bits per heavy atom. The molecule has 0 bridgehead atoms. The first-order chi connectivity index (χ1) is 9.94. The zero-order valence-corrected chi connectivity index (χ0v) is 13.2. The third kappa shape index (κ3) is 3.28. The summed E-state index contributed by atoms with van der Waals surface area (Å²) in [6.07, 6.45) is 6.90. The van der Waals surface area contributed by atoms with Crippen LogP contribution in [0, 0.1) is 0 Å². The number of aromatic nitrogens is 2. The van der Waals surface area contributed by atoms with Crippen LogP contribution in [-0.4, -0.2) is 60.5 Å². The standard InChI is InChI=1S/C13H22N4O3S/c1-16-6-5-14-12(16)9-17-8-10(15-21(2,18)19)13-11(17)4-3-7-20-13/h5-6,10-11,13,15H,3-4,7-9H2,1-2H3/t10-,11-,13-/m0/s1. The van der Waals surface area contributed by atoms with Crippen LogP contribution in [0.1, 0.15) is 18.7 Å². The third-order valence-electron chi connectivity index (χ3n) is 4.26. The van der Waals surface area contributed by atoms with Crippen LogP contribution >= 0.6 is 0 Å². The van der Waals surface area contributed by atoms with E-state index in [4.69, 9.17) is 4.74 Å². The van der Waals surface area contributed by atoms with Gasteiger partial charge in [0.25, 0.3) is 0 Å². The highest BCUT2D eigenvalue weighted by atomic mass is 32.2. The van der Waals surface area contributed by atoms with Crippen LogP contribution < -0.4 is 4.72 Å². The number of nitrogens with zero attached hydrogens (tertiary/aromatic N) is 3. The van der Waals surface area contributed by atoms with Gasteiger partial charge < -0.3 is 9.30 Å². The molecular weight excluding hydrogens is 292 g/mol. The lowest BCUT2D eigenvalue weighted by Crippen LogP contribution is -2.47. The monoisotopic (exact) mass is 314 g/mol. The molecule has 21 heavy (non-hydrogen) atoms. The van der Waals surface area contributed by atoms with E-state index < -0.39 is 10.0 Å². The van der Waals surface area contributed by atoms with Crippen molar-refractivity contribution >= 4 is 10.0 Å². The van der Waals surface area contributed by atoms with E-state index in [9.17, 15) is 8.42 Å². The van der Waals surface area contributed by atoms with Gasteiger partial charge in [0.15, 0.2) is 0 Å². The SMILES string of the molecule is Cn1ccnc1CN1C[C@H](NS(C)(=O)=O)[C@@H]2OCCC[C@@H]21. The lowest BCUT2D eigenvalue weighted by atomic mass is 10.0. The minimum atomic E-state index is -3.23. The van der Waals surface area contributed by atoms with Gasteiger partial charge in [-0.25, -0.2) is 18.1 Å². The number of rotatable bonds is 4. The zero-order chi connectivity index (χ0) is 15.0. The van der Waals surface area contributed by atoms with E-state index in [-0.39, 0.29) is 18.2 Å². The second-order valence-corrected chi connectivity index (χ2v) is 7.71. The van der Waals surface area contributed by atoms with Gasteiger partial charge in [0.05, 0.1) is 24.9 Å². The summed E-state index contributed by atoms with van der Waals surface area (Å²) in [4.78, 5) is 6.65. The van der Waals surface area contributed by atoms with Crippen molar-refractivity contribution < 1.29 is 13.2 Å². The Balaban J connectivity index is 1.76. The van der Waals surface area contributed by atoms with Crippen molar-refractivity contribution in [2.24, 2.45) is 7.05 Å². The molecule has 3 rings (SSSR count). The molecule has 1 aromatic rings. The normalized spacial score (nSPS) is 30.5. The largest absolute Gasteiger partial charge is 0.375 e. The molecule has 2 aliphatic heterocycles. The fourth-order valence-electron chi connectivity index (χ4n) is 3.35. The first kappa shape index (κ1) is 15.0. The second kappa shape index (κ2) is 5.68. The van der Waals surface area contributed by atoms with Gasteiger partial charge in [-0.3, -0.25) is 4.90 Å². The van der Waals surface area contributed by atoms with E-state index >= 15 is 0 Å². The molecule has 0 radical (unpaired) electrons. The van der Waals surface area contributed by atoms with E-state index in [1.54, 1.807) is 6.20 Å². The van der Waals surface area contributed by atoms with Crippen molar-refractivity contribution in [3.05, 3.63) is 18.2 Å². The quantitative estimate of drug-likeness (QED) is 0.826. The summed E-state index contributed by atoms with van der Waals surface area (Å²) in [6, 6.07) is 0.0836. The summed E-state index contributed by atoms with van der Waals surface area (Å²) in [5.41, 5.74) is 0. The number of nitrogens with one attached hydrogen (secondary N) is 1. The van der Waals surface area contributed by atoms with Crippen molar-refractivity contribution in [3.63, 3.8) is 0 Å². The first-order valence-electron chi connectivity index (χ1n) is 7.23. The maximum absolute atomic E-state index is 11.5. The number of fused-ring (bicyclic) bond motifs is 1. The number of ether oxygens (including phenoxy) is 1. The highest BCUT2D eigenvalue weighted by Gasteiger charge is 2.45. The highest BCUT2D eigenvalue weighted by molar-refractivity contribution is 7.88. The highest BCUT2D eigenvalue weighted by Crippen LogP contribution is 2.30. The third-order valence-corrected chi connectivity index (χ3v) is 4.99. The van der Waals surface area contributed by atoms with E-state index in [1.165, 1.54) is 6.26 Å². The lowest BCUT2D eigenvalue weighted by molar-refractivity contribution is -0.0197. The van der Waals surface area contributed by atoms with Crippen LogP contribution in [0.3, 0.4) is 0 Å². The van der Waals surface area contributed by atoms with E-state index in [2.05, 4.69) is 14.6 Å². The number of aryl methyl sites for hydroxylation is 1. The molecule has 0 aliphatic carbocycles. The average molecular weight is 314 g/mol. The van der Waals surface area contributed by atoms with Gasteiger partial charge in [-0.2, -0.15) is 0 Å². The minimum absolute atomic E-state index is 0.0613. The average Bonchev–Trinajstić information content (AvgIpc) is 2.95. The molecule has 0 amide bonds. The van der Waals surface area contributed by atoms with E-state index in [0.29, 0.717) is 13.2 Å². The number of hydrogen-bond donors (Lipinski definition) is 1. The molecule has 8 heteroatoms. The Labute approximate surface area is 125 Å². The zero-order valence-electron chi connectivity index (χ0n) is 12.4. The number of sulfonamides is 1. The summed E-state index contributed by atoms with van der Waals surface area (Å²) in [7, 11) is -1.26. The molecule has 3 heterocycles. The number of likely N-dealkylation sites (tertiary alicyclic amines) is 1. The predicted octanol–water partition coefficient (Wildman–Crippen LogP) is -0.299. The van der Waals surface area contributed by atoms with Crippen molar-refractivity contribution in [2.75, 3.05) is 19.4 Å². The van der Waals surface area contributed by atoms with Crippen molar-refractivity contribution in [1.29, 1.82) is 0 Å². The Morgan fingerprint density at radius 3 is 3.00 bits per heavy atom. The minimum Gasteiger partial charge on any atom is -0.375 e. The van der Waals surface area contributed by atoms with E-state index in [1.807, 2.05) is 17.8 Å². The van der Waals surface area contributed by atoms with Crippen LogP contribution in [0.25, 0.3) is 0 Å². The molecule has 2 fully saturated rings. The molecule has 118 valence electrons. The van der Waals surface area contributed by atoms with Crippen molar-refractivity contribution in [3.8, 4) is 0 Å².